The van der Waals surface area contributed by atoms with Gasteiger partial charge in [0.05, 0.1) is 12.8 Å². The summed E-state index contributed by atoms with van der Waals surface area (Å²) in [5.41, 5.74) is 1.39. The molecule has 0 atom stereocenters. The normalized spacial score (nSPS) is 16.5. The van der Waals surface area contributed by atoms with E-state index in [9.17, 15) is 14.4 Å². The Bertz CT molecular complexity index is 1340. The molecule has 5 rings (SSSR count). The summed E-state index contributed by atoms with van der Waals surface area (Å²) in [6, 6.07) is 18.9. The van der Waals surface area contributed by atoms with Crippen LogP contribution in [0.2, 0.25) is 0 Å². The van der Waals surface area contributed by atoms with Crippen LogP contribution in [0.5, 0.6) is 5.75 Å². The molecular weight excluding hydrogens is 446 g/mol. The Balaban J connectivity index is 1.24. The van der Waals surface area contributed by atoms with Crippen molar-refractivity contribution in [1.29, 1.82) is 0 Å². The van der Waals surface area contributed by atoms with Crippen molar-refractivity contribution in [3.8, 4) is 5.75 Å². The lowest BCUT2D eigenvalue weighted by molar-refractivity contribution is -0.130. The van der Waals surface area contributed by atoms with Crippen LogP contribution in [0.3, 0.4) is 0 Å². The van der Waals surface area contributed by atoms with Crippen LogP contribution in [-0.4, -0.2) is 43.0 Å². The Morgan fingerprint density at radius 2 is 1.83 bits per heavy atom. The molecule has 0 radical (unpaired) electrons. The van der Waals surface area contributed by atoms with Crippen LogP contribution in [0.15, 0.2) is 72.8 Å². The average molecular weight is 472 g/mol. The number of amides is 3. The minimum absolute atomic E-state index is 0.265. The Hall–Kier alpha value is -4.33. The highest BCUT2D eigenvalue weighted by Gasteiger charge is 2.45. The Labute approximate surface area is 202 Å². The van der Waals surface area contributed by atoms with Gasteiger partial charge >= 0.3 is 6.09 Å². The molecule has 2 aliphatic heterocycles. The number of anilines is 2. The van der Waals surface area contributed by atoms with Crippen LogP contribution in [0.4, 0.5) is 16.2 Å². The summed E-state index contributed by atoms with van der Waals surface area (Å²) in [5.74, 6) is 0.0251. The van der Waals surface area contributed by atoms with Crippen LogP contribution in [0.25, 0.3) is 10.8 Å². The number of ether oxygens (including phenoxy) is 2. The predicted molar refractivity (Wildman–Crippen MR) is 132 cm³/mol. The molecule has 1 spiro atoms. The van der Waals surface area contributed by atoms with Gasteiger partial charge in [-0.1, -0.05) is 36.4 Å². The van der Waals surface area contributed by atoms with Crippen LogP contribution >= 0.6 is 0 Å². The molecule has 1 fully saturated rings. The number of rotatable bonds is 4. The number of piperidine rings is 1. The van der Waals surface area contributed by atoms with Crippen molar-refractivity contribution in [2.45, 2.75) is 18.4 Å². The number of benzene rings is 3. The van der Waals surface area contributed by atoms with Gasteiger partial charge in [-0.25, -0.2) is 4.79 Å². The van der Waals surface area contributed by atoms with E-state index in [1.165, 1.54) is 12.2 Å². The summed E-state index contributed by atoms with van der Waals surface area (Å²) in [5, 5.41) is 7.52. The Morgan fingerprint density at radius 1 is 1.06 bits per heavy atom. The number of likely N-dealkylation sites (tertiary alicyclic amines) is 1. The minimum Gasteiger partial charge on any atom is -0.497 e. The lowest BCUT2D eigenvalue weighted by atomic mass is 9.82. The molecule has 3 amide bonds. The lowest BCUT2D eigenvalue weighted by Gasteiger charge is -2.44. The van der Waals surface area contributed by atoms with Gasteiger partial charge in [0, 0.05) is 54.7 Å². The van der Waals surface area contributed by atoms with Gasteiger partial charge in [0.15, 0.2) is 0 Å². The summed E-state index contributed by atoms with van der Waals surface area (Å²) < 4.78 is 11.1. The maximum absolute atomic E-state index is 12.8. The molecule has 178 valence electrons. The smallest absolute Gasteiger partial charge is 0.412 e. The van der Waals surface area contributed by atoms with E-state index in [1.807, 2.05) is 48.5 Å². The molecule has 0 unspecified atom stereocenters. The number of methoxy groups -OCH3 is 1. The molecule has 2 aliphatic rings. The van der Waals surface area contributed by atoms with E-state index in [-0.39, 0.29) is 11.8 Å². The highest BCUT2D eigenvalue weighted by atomic mass is 16.6. The summed E-state index contributed by atoms with van der Waals surface area (Å²) in [7, 11) is 1.58. The number of hydrogen-bond donors (Lipinski definition) is 2. The molecule has 8 heteroatoms. The van der Waals surface area contributed by atoms with Crippen molar-refractivity contribution in [2.75, 3.05) is 30.8 Å². The fourth-order valence-corrected chi connectivity index (χ4v) is 4.73. The van der Waals surface area contributed by atoms with E-state index >= 15 is 0 Å². The number of fused-ring (bicyclic) bond motifs is 3. The van der Waals surface area contributed by atoms with E-state index in [2.05, 4.69) is 10.6 Å². The van der Waals surface area contributed by atoms with Gasteiger partial charge in [0.25, 0.3) is 0 Å². The number of hydrogen-bond acceptors (Lipinski definition) is 5. The van der Waals surface area contributed by atoms with Crippen molar-refractivity contribution in [1.82, 2.24) is 4.90 Å². The number of carbonyl (C=O) groups is 3. The summed E-state index contributed by atoms with van der Waals surface area (Å²) in [6.45, 7) is 0.774. The van der Waals surface area contributed by atoms with Crippen LogP contribution < -0.4 is 15.4 Å². The molecule has 1 saturated heterocycles. The molecule has 0 bridgehead atoms. The van der Waals surface area contributed by atoms with Crippen molar-refractivity contribution in [3.05, 3.63) is 78.4 Å². The van der Waals surface area contributed by atoms with Crippen molar-refractivity contribution in [2.24, 2.45) is 0 Å². The van der Waals surface area contributed by atoms with Gasteiger partial charge in [0.2, 0.25) is 11.8 Å². The molecule has 0 aliphatic carbocycles. The third-order valence-electron chi connectivity index (χ3n) is 6.55. The van der Waals surface area contributed by atoms with Crippen LogP contribution in [0.1, 0.15) is 18.4 Å². The highest BCUT2D eigenvalue weighted by molar-refractivity contribution is 6.08. The minimum atomic E-state index is -0.821. The number of nitrogens with zero attached hydrogens (tertiary/aromatic N) is 1. The maximum Gasteiger partial charge on any atom is 0.412 e. The Morgan fingerprint density at radius 3 is 2.63 bits per heavy atom. The largest absolute Gasteiger partial charge is 0.497 e. The molecule has 3 aromatic carbocycles. The topological polar surface area (TPSA) is 97.0 Å². The zero-order valence-electron chi connectivity index (χ0n) is 19.2. The van der Waals surface area contributed by atoms with Gasteiger partial charge in [-0.3, -0.25) is 14.9 Å². The maximum atomic E-state index is 12.8. The fourth-order valence-electron chi connectivity index (χ4n) is 4.73. The van der Waals surface area contributed by atoms with Gasteiger partial charge in [-0.2, -0.15) is 0 Å². The summed E-state index contributed by atoms with van der Waals surface area (Å²) >= 11 is 0. The lowest BCUT2D eigenvalue weighted by Crippen LogP contribution is -2.49. The fraction of sp³-hybridized carbons (Fsp3) is 0.222. The third-order valence-corrected chi connectivity index (χ3v) is 6.55. The van der Waals surface area contributed by atoms with Gasteiger partial charge in [0.1, 0.15) is 11.4 Å². The standard InChI is InChI=1S/C27H25N3O5/c1-34-19-9-10-23-21(17-19)27(35-26(33)29-23)13-15-30(16-14-27)25(32)12-11-24(31)28-22-8-4-6-18-5-2-3-7-20(18)22/h2-12,17H,13-16H2,1H3,(H,28,31)(H,29,33)/b12-11+. The first-order chi connectivity index (χ1) is 17.0. The second-order valence-corrected chi connectivity index (χ2v) is 8.59. The highest BCUT2D eigenvalue weighted by Crippen LogP contribution is 2.44. The SMILES string of the molecule is COc1ccc2c(c1)C1(CCN(C(=O)/C=C/C(=O)Nc3cccc4ccccc34)CC1)OC(=O)N2. The zero-order valence-corrected chi connectivity index (χ0v) is 19.2. The molecule has 35 heavy (non-hydrogen) atoms. The third kappa shape index (κ3) is 4.42. The second-order valence-electron chi connectivity index (χ2n) is 8.59. The first-order valence-electron chi connectivity index (χ1n) is 11.4. The summed E-state index contributed by atoms with van der Waals surface area (Å²) in [6.07, 6.45) is 2.92. The molecule has 8 nitrogen and oxygen atoms in total. The van der Waals surface area contributed by atoms with Crippen molar-refractivity contribution in [3.63, 3.8) is 0 Å². The molecule has 0 saturated carbocycles. The molecule has 0 aromatic heterocycles. The second kappa shape index (κ2) is 9.13. The van der Waals surface area contributed by atoms with E-state index in [1.54, 1.807) is 24.1 Å². The van der Waals surface area contributed by atoms with Crippen LogP contribution in [-0.2, 0) is 19.9 Å². The van der Waals surface area contributed by atoms with Crippen molar-refractivity contribution < 1.29 is 23.9 Å². The first kappa shape index (κ1) is 22.5. The monoisotopic (exact) mass is 471 g/mol. The molecule has 3 aromatic rings. The molecule has 2 N–H and O–H groups in total. The number of nitrogens with one attached hydrogen (secondary N) is 2. The van der Waals surface area contributed by atoms with Gasteiger partial charge < -0.3 is 19.7 Å². The quantitative estimate of drug-likeness (QED) is 0.549. The van der Waals surface area contributed by atoms with Crippen molar-refractivity contribution >= 4 is 40.1 Å². The van der Waals surface area contributed by atoms with E-state index in [4.69, 9.17) is 9.47 Å². The molecular formula is C27H25N3O5. The van der Waals surface area contributed by atoms with Crippen LogP contribution in [0, 0.1) is 0 Å². The zero-order chi connectivity index (χ0) is 24.4. The predicted octanol–water partition coefficient (Wildman–Crippen LogP) is 4.42. The summed E-state index contributed by atoms with van der Waals surface area (Å²) in [4.78, 5) is 39.1. The van der Waals surface area contributed by atoms with Gasteiger partial charge in [-0.15, -0.1) is 0 Å². The first-order valence-corrected chi connectivity index (χ1v) is 11.4. The molecule has 2 heterocycles. The van der Waals surface area contributed by atoms with E-state index in [0.29, 0.717) is 43.1 Å². The van der Waals surface area contributed by atoms with Gasteiger partial charge in [-0.05, 0) is 29.7 Å². The Kier molecular flexibility index (Phi) is 5.86. The van der Waals surface area contributed by atoms with E-state index in [0.717, 1.165) is 16.3 Å². The average Bonchev–Trinajstić information content (AvgIpc) is 2.88. The number of carbonyl (C=O) groups excluding carboxylic acids is 3. The van der Waals surface area contributed by atoms with E-state index < -0.39 is 11.7 Å².